The van der Waals surface area contributed by atoms with E-state index in [-0.39, 0.29) is 0 Å². The zero-order chi connectivity index (χ0) is 25.2. The van der Waals surface area contributed by atoms with Gasteiger partial charge in [-0.1, -0.05) is 35.5 Å². The maximum atomic E-state index is 12.6. The van der Waals surface area contributed by atoms with Gasteiger partial charge in [0.25, 0.3) is 0 Å². The fraction of sp³-hybridized carbons (Fsp3) is 0.200. The summed E-state index contributed by atoms with van der Waals surface area (Å²) in [5.41, 5.74) is 5.70. The monoisotopic (exact) mass is 480 g/mol. The van der Waals surface area contributed by atoms with E-state index in [0.717, 1.165) is 41.2 Å². The van der Waals surface area contributed by atoms with E-state index in [4.69, 9.17) is 14.3 Å². The minimum Gasteiger partial charge on any atom is -0.462 e. The quantitative estimate of drug-likeness (QED) is 0.372. The Hall–Kier alpha value is -4.32. The van der Waals surface area contributed by atoms with Gasteiger partial charge in [-0.2, -0.15) is 0 Å². The highest BCUT2D eigenvalue weighted by molar-refractivity contribution is 6.29. The van der Waals surface area contributed by atoms with Crippen molar-refractivity contribution < 1.29 is 19.1 Å². The third-order valence-electron chi connectivity index (χ3n) is 6.32. The Kier molecular flexibility index (Phi) is 6.34. The highest BCUT2D eigenvalue weighted by Crippen LogP contribution is 2.37. The molecular formula is C30H28N2O4. The average Bonchev–Trinajstić information content (AvgIpc) is 3.26. The molecule has 0 N–H and O–H groups in total. The SMILES string of the molecule is CCN(CC)c1ccc2c(c1)O/C(=C/C1=CC(=C3/C(=O)ON=C3c3ccccc3)/C=C(C)O1)C=C2C. The molecule has 2 aromatic rings. The minimum atomic E-state index is -0.486. The van der Waals surface area contributed by atoms with Crippen molar-refractivity contribution in [2.24, 2.45) is 5.16 Å². The summed E-state index contributed by atoms with van der Waals surface area (Å²) in [5.74, 6) is 2.20. The van der Waals surface area contributed by atoms with Gasteiger partial charge in [0.2, 0.25) is 0 Å². The molecule has 0 spiro atoms. The largest absolute Gasteiger partial charge is 0.462 e. The van der Waals surface area contributed by atoms with Gasteiger partial charge < -0.3 is 19.2 Å². The summed E-state index contributed by atoms with van der Waals surface area (Å²) >= 11 is 0. The van der Waals surface area contributed by atoms with Gasteiger partial charge in [0, 0.05) is 42.0 Å². The van der Waals surface area contributed by atoms with Gasteiger partial charge in [0.1, 0.15) is 28.7 Å². The Balaban J connectivity index is 1.50. The van der Waals surface area contributed by atoms with Crippen molar-refractivity contribution in [3.63, 3.8) is 0 Å². The molecule has 3 aliphatic heterocycles. The van der Waals surface area contributed by atoms with Crippen molar-refractivity contribution in [1.29, 1.82) is 0 Å². The molecule has 0 bridgehead atoms. The van der Waals surface area contributed by atoms with Crippen molar-refractivity contribution in [2.45, 2.75) is 27.7 Å². The highest BCUT2D eigenvalue weighted by atomic mass is 16.7. The maximum Gasteiger partial charge on any atom is 0.368 e. The van der Waals surface area contributed by atoms with E-state index in [0.29, 0.717) is 34.1 Å². The molecule has 0 aliphatic carbocycles. The molecular weight excluding hydrogens is 452 g/mol. The molecule has 2 aromatic carbocycles. The van der Waals surface area contributed by atoms with Crippen LogP contribution in [-0.4, -0.2) is 24.8 Å². The van der Waals surface area contributed by atoms with Crippen LogP contribution in [0.2, 0.25) is 0 Å². The Labute approximate surface area is 211 Å². The molecule has 5 rings (SSSR count). The summed E-state index contributed by atoms with van der Waals surface area (Å²) in [4.78, 5) is 20.0. The van der Waals surface area contributed by atoms with E-state index in [1.165, 1.54) is 0 Å². The molecule has 0 saturated carbocycles. The summed E-state index contributed by atoms with van der Waals surface area (Å²) in [6.07, 6.45) is 7.46. The first-order chi connectivity index (χ1) is 17.5. The third kappa shape index (κ3) is 4.50. The molecule has 3 aliphatic rings. The minimum absolute atomic E-state index is 0.408. The lowest BCUT2D eigenvalue weighted by Crippen LogP contribution is -2.21. The molecule has 0 aromatic heterocycles. The van der Waals surface area contributed by atoms with Crippen LogP contribution in [0.1, 0.15) is 38.8 Å². The van der Waals surface area contributed by atoms with E-state index in [9.17, 15) is 4.79 Å². The second-order valence-corrected chi connectivity index (χ2v) is 8.75. The highest BCUT2D eigenvalue weighted by Gasteiger charge is 2.30. The number of nitrogens with zero attached hydrogens (tertiary/aromatic N) is 2. The van der Waals surface area contributed by atoms with Gasteiger partial charge in [0.15, 0.2) is 0 Å². The number of ether oxygens (including phenoxy) is 2. The summed E-state index contributed by atoms with van der Waals surface area (Å²) in [5, 5.41) is 4.04. The Bertz CT molecular complexity index is 1400. The molecule has 0 unspecified atom stereocenters. The molecule has 36 heavy (non-hydrogen) atoms. The fourth-order valence-electron chi connectivity index (χ4n) is 4.56. The summed E-state index contributed by atoms with van der Waals surface area (Å²) in [7, 11) is 0. The van der Waals surface area contributed by atoms with Crippen molar-refractivity contribution in [3.05, 3.63) is 112 Å². The van der Waals surface area contributed by atoms with Gasteiger partial charge >= 0.3 is 5.97 Å². The standard InChI is InChI=1S/C30H28N2O4/c1-5-32(6-2)23-12-13-26-19(3)14-24(35-27(26)17-23)18-25-16-22(15-20(4)34-25)28-29(31-36-30(28)33)21-10-8-7-9-11-21/h7-18H,5-6H2,1-4H3/b24-18+,28-22+. The van der Waals surface area contributed by atoms with Crippen LogP contribution in [0.3, 0.4) is 0 Å². The normalized spacial score (nSPS) is 19.9. The lowest BCUT2D eigenvalue weighted by Gasteiger charge is -2.25. The lowest BCUT2D eigenvalue weighted by molar-refractivity contribution is -0.136. The number of oxime groups is 1. The first kappa shape index (κ1) is 23.4. The van der Waals surface area contributed by atoms with Crippen LogP contribution in [0.15, 0.2) is 106 Å². The molecule has 6 nitrogen and oxygen atoms in total. The average molecular weight is 481 g/mol. The number of benzene rings is 2. The van der Waals surface area contributed by atoms with Gasteiger partial charge in [-0.15, -0.1) is 0 Å². The molecule has 0 radical (unpaired) electrons. The van der Waals surface area contributed by atoms with Crippen molar-refractivity contribution in [3.8, 4) is 5.75 Å². The number of fused-ring (bicyclic) bond motifs is 1. The lowest BCUT2D eigenvalue weighted by atomic mass is 9.96. The number of carbonyl (C=O) groups is 1. The smallest absolute Gasteiger partial charge is 0.368 e. The summed E-state index contributed by atoms with van der Waals surface area (Å²) < 4.78 is 12.3. The predicted octanol–water partition coefficient (Wildman–Crippen LogP) is 6.29. The number of hydrogen-bond donors (Lipinski definition) is 0. The van der Waals surface area contributed by atoms with Gasteiger partial charge in [-0.05, 0) is 69.2 Å². The Morgan fingerprint density at radius 1 is 0.944 bits per heavy atom. The zero-order valence-corrected chi connectivity index (χ0v) is 20.9. The molecule has 182 valence electrons. The number of hydrogen-bond acceptors (Lipinski definition) is 6. The first-order valence-electron chi connectivity index (χ1n) is 12.1. The van der Waals surface area contributed by atoms with Crippen LogP contribution in [0.25, 0.3) is 5.57 Å². The van der Waals surface area contributed by atoms with E-state index in [1.807, 2.05) is 61.6 Å². The molecule has 0 atom stereocenters. The topological polar surface area (TPSA) is 60.4 Å². The molecule has 0 saturated heterocycles. The van der Waals surface area contributed by atoms with E-state index in [1.54, 1.807) is 0 Å². The molecule has 0 fully saturated rings. The first-order valence-corrected chi connectivity index (χ1v) is 12.1. The fourth-order valence-corrected chi connectivity index (χ4v) is 4.56. The van der Waals surface area contributed by atoms with Gasteiger partial charge in [0.05, 0.1) is 5.57 Å². The summed E-state index contributed by atoms with van der Waals surface area (Å²) in [6, 6.07) is 15.8. The van der Waals surface area contributed by atoms with E-state index < -0.39 is 5.97 Å². The van der Waals surface area contributed by atoms with Crippen LogP contribution in [0, 0.1) is 0 Å². The predicted molar refractivity (Wildman–Crippen MR) is 141 cm³/mol. The van der Waals surface area contributed by atoms with Gasteiger partial charge in [-0.25, -0.2) is 4.79 Å². The van der Waals surface area contributed by atoms with Crippen LogP contribution in [-0.2, 0) is 14.4 Å². The zero-order valence-electron chi connectivity index (χ0n) is 20.9. The number of carbonyl (C=O) groups excluding carboxylic acids is 1. The maximum absolute atomic E-state index is 12.6. The molecule has 6 heteroatoms. The number of allylic oxidation sites excluding steroid dienone is 7. The van der Waals surface area contributed by atoms with E-state index >= 15 is 0 Å². The number of anilines is 1. The second-order valence-electron chi connectivity index (χ2n) is 8.75. The van der Waals surface area contributed by atoms with Crippen molar-refractivity contribution >= 4 is 22.9 Å². The van der Waals surface area contributed by atoms with Crippen molar-refractivity contribution in [1.82, 2.24) is 0 Å². The van der Waals surface area contributed by atoms with Crippen LogP contribution in [0.4, 0.5) is 5.69 Å². The second kappa shape index (κ2) is 9.74. The third-order valence-corrected chi connectivity index (χ3v) is 6.32. The Morgan fingerprint density at radius 2 is 1.72 bits per heavy atom. The molecule has 0 amide bonds. The Morgan fingerprint density at radius 3 is 2.47 bits per heavy atom. The van der Waals surface area contributed by atoms with Crippen LogP contribution < -0.4 is 9.64 Å². The van der Waals surface area contributed by atoms with E-state index in [2.05, 4.69) is 49.0 Å². The van der Waals surface area contributed by atoms with Crippen LogP contribution in [0.5, 0.6) is 5.75 Å². The van der Waals surface area contributed by atoms with Gasteiger partial charge in [-0.3, -0.25) is 0 Å². The number of rotatable bonds is 5. The molecule has 3 heterocycles. The summed E-state index contributed by atoms with van der Waals surface area (Å²) in [6.45, 7) is 10.0. The van der Waals surface area contributed by atoms with Crippen molar-refractivity contribution in [2.75, 3.05) is 18.0 Å². The van der Waals surface area contributed by atoms with Crippen LogP contribution >= 0.6 is 0 Å².